The Morgan fingerprint density at radius 2 is 2.23 bits per heavy atom. The summed E-state index contributed by atoms with van der Waals surface area (Å²) in [5.74, 6) is 1.09. The van der Waals surface area contributed by atoms with E-state index in [1.165, 1.54) is 11.8 Å². The number of nitriles is 1. The van der Waals surface area contributed by atoms with Gasteiger partial charge < -0.3 is 4.98 Å². The Morgan fingerprint density at radius 1 is 1.36 bits per heavy atom. The van der Waals surface area contributed by atoms with E-state index < -0.39 is 0 Å². The fourth-order valence-corrected chi connectivity index (χ4v) is 2.89. The molecule has 0 amide bonds. The number of aromatic amines is 1. The molecule has 0 radical (unpaired) electrons. The molecule has 2 aromatic heterocycles. The van der Waals surface area contributed by atoms with E-state index in [0.717, 1.165) is 16.1 Å². The first-order valence-corrected chi connectivity index (χ1v) is 7.63. The third-order valence-corrected chi connectivity index (χ3v) is 4.14. The number of hydrogen-bond acceptors (Lipinski definition) is 5. The third-order valence-electron chi connectivity index (χ3n) is 3.21. The van der Waals surface area contributed by atoms with E-state index in [9.17, 15) is 4.79 Å². The van der Waals surface area contributed by atoms with Crippen molar-refractivity contribution in [1.82, 2.24) is 15.0 Å². The molecular formula is C16H12N4OS. The van der Waals surface area contributed by atoms with Gasteiger partial charge in [0.2, 0.25) is 0 Å². The van der Waals surface area contributed by atoms with Crippen molar-refractivity contribution in [2.75, 3.05) is 0 Å². The molecule has 6 heteroatoms. The number of thioether (sulfide) groups is 1. The van der Waals surface area contributed by atoms with Gasteiger partial charge in [-0.3, -0.25) is 4.79 Å². The Morgan fingerprint density at radius 3 is 3.05 bits per heavy atom. The van der Waals surface area contributed by atoms with Crippen LogP contribution in [0.4, 0.5) is 0 Å². The Labute approximate surface area is 131 Å². The highest BCUT2D eigenvalue weighted by Gasteiger charge is 2.07. The molecule has 5 nitrogen and oxygen atoms in total. The van der Waals surface area contributed by atoms with Crippen LogP contribution in [0.25, 0.3) is 10.9 Å². The lowest BCUT2D eigenvalue weighted by Gasteiger charge is -2.05. The highest BCUT2D eigenvalue weighted by molar-refractivity contribution is 7.98. The molecule has 0 saturated carbocycles. The number of pyridine rings is 1. The maximum absolute atomic E-state index is 12.1. The van der Waals surface area contributed by atoms with Crippen molar-refractivity contribution in [1.29, 1.82) is 5.26 Å². The minimum absolute atomic E-state index is 0.136. The number of H-pyrrole nitrogens is 1. The predicted octanol–water partition coefficient (Wildman–Crippen LogP) is 2.79. The van der Waals surface area contributed by atoms with Crippen LogP contribution in [0.5, 0.6) is 0 Å². The van der Waals surface area contributed by atoms with Crippen molar-refractivity contribution in [3.8, 4) is 6.07 Å². The molecular weight excluding hydrogens is 296 g/mol. The topological polar surface area (TPSA) is 82.4 Å². The van der Waals surface area contributed by atoms with Gasteiger partial charge in [-0.1, -0.05) is 23.9 Å². The summed E-state index contributed by atoms with van der Waals surface area (Å²) in [5, 5.41) is 10.2. The summed E-state index contributed by atoms with van der Waals surface area (Å²) in [4.78, 5) is 23.6. The second kappa shape index (κ2) is 6.00. The molecule has 1 N–H and O–H groups in total. The first kappa shape index (κ1) is 14.3. The maximum Gasteiger partial charge on any atom is 0.258 e. The molecule has 0 bridgehead atoms. The lowest BCUT2D eigenvalue weighted by molar-refractivity contribution is 1.03. The zero-order valence-corrected chi connectivity index (χ0v) is 12.6. The SMILES string of the molecule is Cc1cccc2c(=O)[nH]c(CSc3cc(C#N)ccn3)nc12. The molecule has 0 fully saturated rings. The van der Waals surface area contributed by atoms with E-state index in [0.29, 0.717) is 22.5 Å². The van der Waals surface area contributed by atoms with E-state index in [4.69, 9.17) is 5.26 Å². The summed E-state index contributed by atoms with van der Waals surface area (Å²) < 4.78 is 0. The van der Waals surface area contributed by atoms with E-state index in [1.807, 2.05) is 19.1 Å². The van der Waals surface area contributed by atoms with Gasteiger partial charge >= 0.3 is 0 Å². The molecule has 0 saturated heterocycles. The van der Waals surface area contributed by atoms with Crippen LogP contribution in [-0.2, 0) is 5.75 Å². The van der Waals surface area contributed by atoms with E-state index in [1.54, 1.807) is 24.4 Å². The predicted molar refractivity (Wildman–Crippen MR) is 85.6 cm³/mol. The molecule has 1 aromatic carbocycles. The monoisotopic (exact) mass is 308 g/mol. The van der Waals surface area contributed by atoms with Crippen molar-refractivity contribution in [3.63, 3.8) is 0 Å². The van der Waals surface area contributed by atoms with E-state index in [2.05, 4.69) is 21.0 Å². The highest BCUT2D eigenvalue weighted by Crippen LogP contribution is 2.20. The smallest absolute Gasteiger partial charge is 0.258 e. The van der Waals surface area contributed by atoms with Gasteiger partial charge in [0.1, 0.15) is 5.82 Å². The van der Waals surface area contributed by atoms with Crippen molar-refractivity contribution in [3.05, 3.63) is 63.8 Å². The lowest BCUT2D eigenvalue weighted by Crippen LogP contribution is -2.11. The quantitative estimate of drug-likeness (QED) is 0.752. The number of hydrogen-bond donors (Lipinski definition) is 1. The number of nitrogens with zero attached hydrogens (tertiary/aromatic N) is 3. The second-order valence-corrected chi connectivity index (χ2v) is 5.76. The van der Waals surface area contributed by atoms with Crippen molar-refractivity contribution in [2.24, 2.45) is 0 Å². The summed E-state index contributed by atoms with van der Waals surface area (Å²) in [5.41, 5.74) is 2.12. The fraction of sp³-hybridized carbons (Fsp3) is 0.125. The Kier molecular flexibility index (Phi) is 3.90. The molecule has 108 valence electrons. The van der Waals surface area contributed by atoms with E-state index >= 15 is 0 Å². The first-order chi connectivity index (χ1) is 10.7. The van der Waals surface area contributed by atoms with Crippen LogP contribution in [0, 0.1) is 18.3 Å². The number of para-hydroxylation sites is 1. The molecule has 3 rings (SSSR count). The second-order valence-electron chi connectivity index (χ2n) is 4.77. The molecule has 0 unspecified atom stereocenters. The minimum Gasteiger partial charge on any atom is -0.309 e. The Bertz CT molecular complexity index is 943. The van der Waals surface area contributed by atoms with Gasteiger partial charge in [-0.05, 0) is 30.7 Å². The minimum atomic E-state index is -0.136. The zero-order valence-electron chi connectivity index (χ0n) is 11.8. The summed E-state index contributed by atoms with van der Waals surface area (Å²) >= 11 is 1.43. The van der Waals surface area contributed by atoms with Gasteiger partial charge in [0.05, 0.1) is 33.3 Å². The largest absolute Gasteiger partial charge is 0.309 e. The number of fused-ring (bicyclic) bond motifs is 1. The van der Waals surface area contributed by atoms with Gasteiger partial charge in [0, 0.05) is 6.20 Å². The fourth-order valence-electron chi connectivity index (χ4n) is 2.12. The van der Waals surface area contributed by atoms with Crippen LogP contribution >= 0.6 is 11.8 Å². The average Bonchev–Trinajstić information content (AvgIpc) is 2.54. The molecule has 0 atom stereocenters. The standard InChI is InChI=1S/C16H12N4OS/c1-10-3-2-4-12-15(10)19-13(20-16(12)21)9-22-14-7-11(8-17)5-6-18-14/h2-7H,9H2,1H3,(H,19,20,21). The lowest BCUT2D eigenvalue weighted by atomic mass is 10.1. The normalized spacial score (nSPS) is 10.5. The van der Waals surface area contributed by atoms with Crippen molar-refractivity contribution >= 4 is 22.7 Å². The first-order valence-electron chi connectivity index (χ1n) is 6.65. The summed E-state index contributed by atoms with van der Waals surface area (Å²) in [6, 6.07) is 11.0. The van der Waals surface area contributed by atoms with Crippen LogP contribution < -0.4 is 5.56 Å². The number of aromatic nitrogens is 3. The molecule has 0 aliphatic carbocycles. The van der Waals surface area contributed by atoms with Crippen molar-refractivity contribution in [2.45, 2.75) is 17.7 Å². The van der Waals surface area contributed by atoms with Crippen LogP contribution in [0.3, 0.4) is 0 Å². The Hall–Kier alpha value is -2.65. The number of nitrogens with one attached hydrogen (secondary N) is 1. The number of rotatable bonds is 3. The Balaban J connectivity index is 1.90. The summed E-state index contributed by atoms with van der Waals surface area (Å²) in [6.45, 7) is 1.93. The van der Waals surface area contributed by atoms with Gasteiger partial charge in [0.15, 0.2) is 0 Å². The van der Waals surface area contributed by atoms with Crippen LogP contribution in [-0.4, -0.2) is 15.0 Å². The molecule has 0 aliphatic heterocycles. The number of aryl methyl sites for hydroxylation is 1. The molecule has 3 aromatic rings. The summed E-state index contributed by atoms with van der Waals surface area (Å²) in [7, 11) is 0. The highest BCUT2D eigenvalue weighted by atomic mass is 32.2. The van der Waals surface area contributed by atoms with Crippen LogP contribution in [0.1, 0.15) is 17.0 Å². The third kappa shape index (κ3) is 2.85. The zero-order chi connectivity index (χ0) is 15.5. The van der Waals surface area contributed by atoms with Gasteiger partial charge in [-0.2, -0.15) is 5.26 Å². The number of benzene rings is 1. The van der Waals surface area contributed by atoms with Gasteiger partial charge in [-0.25, -0.2) is 9.97 Å². The van der Waals surface area contributed by atoms with Gasteiger partial charge in [0.25, 0.3) is 5.56 Å². The maximum atomic E-state index is 12.1. The molecule has 0 spiro atoms. The average molecular weight is 308 g/mol. The van der Waals surface area contributed by atoms with Crippen molar-refractivity contribution < 1.29 is 0 Å². The summed E-state index contributed by atoms with van der Waals surface area (Å²) in [6.07, 6.45) is 1.60. The molecule has 0 aliphatic rings. The van der Waals surface area contributed by atoms with Gasteiger partial charge in [-0.15, -0.1) is 0 Å². The van der Waals surface area contributed by atoms with Crippen LogP contribution in [0.15, 0.2) is 46.3 Å². The molecule has 22 heavy (non-hydrogen) atoms. The van der Waals surface area contributed by atoms with E-state index in [-0.39, 0.29) is 5.56 Å². The van der Waals surface area contributed by atoms with Crippen LogP contribution in [0.2, 0.25) is 0 Å². The molecule has 2 heterocycles.